The van der Waals surface area contributed by atoms with E-state index in [1.165, 1.54) is 3.97 Å². The normalized spacial score (nSPS) is 13.7. The molecule has 0 spiro atoms. The first-order valence-electron chi connectivity index (χ1n) is 14.8. The number of ether oxygens (including phenoxy) is 1. The highest BCUT2D eigenvalue weighted by Crippen LogP contribution is 2.38. The maximum absolute atomic E-state index is 14.1. The molecule has 0 radical (unpaired) electrons. The SMILES string of the molecule is Cc1ccc(S(=O)(=O)n2c(-c3cn(C)c4ccc(C5=CCN(C(=O)OCc6ccccc6)CC5)cc34)cc3cccnc32)cc1. The van der Waals surface area contributed by atoms with E-state index in [0.717, 1.165) is 44.1 Å². The molecule has 0 fully saturated rings. The number of amides is 1. The monoisotopic (exact) mass is 616 g/mol. The van der Waals surface area contributed by atoms with Crippen LogP contribution in [-0.2, 0) is 28.4 Å². The summed E-state index contributed by atoms with van der Waals surface area (Å²) in [7, 11) is -2.00. The van der Waals surface area contributed by atoms with Crippen LogP contribution >= 0.6 is 0 Å². The lowest BCUT2D eigenvalue weighted by Gasteiger charge is -2.26. The van der Waals surface area contributed by atoms with Gasteiger partial charge in [0.15, 0.2) is 5.65 Å². The summed E-state index contributed by atoms with van der Waals surface area (Å²) in [5.74, 6) is 0. The maximum Gasteiger partial charge on any atom is 0.410 e. The van der Waals surface area contributed by atoms with Crippen molar-refractivity contribution in [3.8, 4) is 11.3 Å². The van der Waals surface area contributed by atoms with Gasteiger partial charge in [0.2, 0.25) is 0 Å². The zero-order valence-electron chi connectivity index (χ0n) is 25.1. The van der Waals surface area contributed by atoms with E-state index in [1.807, 2.05) is 73.3 Å². The molecule has 45 heavy (non-hydrogen) atoms. The van der Waals surface area contributed by atoms with Gasteiger partial charge in [-0.15, -0.1) is 0 Å². The number of aromatic nitrogens is 3. The Bertz CT molecular complexity index is 2200. The minimum absolute atomic E-state index is 0.206. The number of benzene rings is 3. The van der Waals surface area contributed by atoms with Gasteiger partial charge in [0, 0.05) is 54.4 Å². The van der Waals surface area contributed by atoms with Gasteiger partial charge in [0.25, 0.3) is 10.0 Å². The summed E-state index contributed by atoms with van der Waals surface area (Å²) < 4.78 is 37.2. The maximum atomic E-state index is 14.1. The van der Waals surface area contributed by atoms with Crippen molar-refractivity contribution in [1.82, 2.24) is 18.4 Å². The van der Waals surface area contributed by atoms with Crippen LogP contribution in [0.3, 0.4) is 0 Å². The molecule has 0 unspecified atom stereocenters. The third-order valence-corrected chi connectivity index (χ3v) is 10.1. The summed E-state index contributed by atoms with van der Waals surface area (Å²) in [6.45, 7) is 3.18. The first kappa shape index (κ1) is 28.6. The Kier molecular flexibility index (Phi) is 7.25. The number of carbonyl (C=O) groups excluding carboxylic acids is 1. The highest BCUT2D eigenvalue weighted by molar-refractivity contribution is 7.90. The number of hydrogen-bond donors (Lipinski definition) is 0. The molecule has 1 aliphatic rings. The van der Waals surface area contributed by atoms with Gasteiger partial charge >= 0.3 is 6.09 Å². The van der Waals surface area contributed by atoms with Crippen LogP contribution in [0.15, 0.2) is 114 Å². The summed E-state index contributed by atoms with van der Waals surface area (Å²) in [5.41, 5.74) is 6.82. The Hall–Kier alpha value is -5.15. The van der Waals surface area contributed by atoms with Crippen LogP contribution in [0.25, 0.3) is 38.8 Å². The van der Waals surface area contributed by atoms with Gasteiger partial charge in [0.05, 0.1) is 10.6 Å². The van der Waals surface area contributed by atoms with Crippen LogP contribution in [0.1, 0.15) is 23.1 Å². The molecule has 0 bridgehead atoms. The van der Waals surface area contributed by atoms with Crippen molar-refractivity contribution >= 4 is 43.6 Å². The first-order valence-corrected chi connectivity index (χ1v) is 16.3. The van der Waals surface area contributed by atoms with Crippen LogP contribution in [0.2, 0.25) is 0 Å². The van der Waals surface area contributed by atoms with Crippen molar-refractivity contribution in [2.45, 2.75) is 24.8 Å². The van der Waals surface area contributed by atoms with Gasteiger partial charge < -0.3 is 14.2 Å². The summed E-state index contributed by atoms with van der Waals surface area (Å²) in [4.78, 5) is 19.1. The predicted molar refractivity (Wildman–Crippen MR) is 176 cm³/mol. The molecule has 1 amide bonds. The Labute approximate surface area is 261 Å². The molecule has 3 aromatic carbocycles. The van der Waals surface area contributed by atoms with Gasteiger partial charge in [-0.05, 0) is 72.5 Å². The minimum atomic E-state index is -3.96. The molecule has 9 heteroatoms. The fourth-order valence-corrected chi connectivity index (χ4v) is 7.44. The molecular weight excluding hydrogens is 584 g/mol. The van der Waals surface area contributed by atoms with Gasteiger partial charge in [0.1, 0.15) is 6.61 Å². The van der Waals surface area contributed by atoms with Crippen molar-refractivity contribution in [2.24, 2.45) is 7.05 Å². The van der Waals surface area contributed by atoms with E-state index in [9.17, 15) is 13.2 Å². The number of nitrogens with zero attached hydrogens (tertiary/aromatic N) is 4. The average molecular weight is 617 g/mol. The standard InChI is InChI=1S/C36H32N4O4S/c1-25-10-13-30(14-11-25)45(42,43)40-34(22-29-9-6-18-37-35(29)40)32-23-38(2)33-15-12-28(21-31(32)33)27-16-19-39(20-17-27)36(41)44-24-26-7-4-3-5-8-26/h3-16,18,21-23H,17,19-20,24H2,1-2H3. The summed E-state index contributed by atoms with van der Waals surface area (Å²) in [6, 6.07) is 28.4. The molecule has 7 rings (SSSR count). The Morgan fingerprint density at radius 3 is 2.51 bits per heavy atom. The Morgan fingerprint density at radius 1 is 0.956 bits per heavy atom. The molecule has 0 aliphatic carbocycles. The lowest BCUT2D eigenvalue weighted by molar-refractivity contribution is 0.0998. The van der Waals surface area contributed by atoms with E-state index >= 15 is 0 Å². The smallest absolute Gasteiger partial charge is 0.410 e. The van der Waals surface area contributed by atoms with Gasteiger partial charge in [-0.1, -0.05) is 60.2 Å². The largest absolute Gasteiger partial charge is 0.445 e. The van der Waals surface area contributed by atoms with Crippen LogP contribution in [0, 0.1) is 6.92 Å². The molecule has 3 aromatic heterocycles. The second-order valence-electron chi connectivity index (χ2n) is 11.4. The highest BCUT2D eigenvalue weighted by Gasteiger charge is 2.27. The molecular formula is C36H32N4O4S. The van der Waals surface area contributed by atoms with Crippen LogP contribution in [-0.4, -0.2) is 46.0 Å². The Balaban J connectivity index is 1.24. The molecule has 0 N–H and O–H groups in total. The fraction of sp³-hybridized carbons (Fsp3) is 0.167. The number of aryl methyl sites for hydroxylation is 2. The molecule has 0 atom stereocenters. The van der Waals surface area contributed by atoms with Crippen LogP contribution < -0.4 is 0 Å². The zero-order valence-corrected chi connectivity index (χ0v) is 25.9. The van der Waals surface area contributed by atoms with Crippen molar-refractivity contribution in [3.05, 3.63) is 126 Å². The third-order valence-electron chi connectivity index (χ3n) is 8.39. The number of pyridine rings is 1. The number of fused-ring (bicyclic) bond motifs is 2. The molecule has 0 saturated heterocycles. The van der Waals surface area contributed by atoms with E-state index in [4.69, 9.17) is 4.74 Å². The average Bonchev–Trinajstić information content (AvgIpc) is 3.62. The number of rotatable bonds is 6. The summed E-state index contributed by atoms with van der Waals surface area (Å²) in [5, 5.41) is 1.68. The van der Waals surface area contributed by atoms with E-state index in [2.05, 4.69) is 29.3 Å². The number of hydrogen-bond acceptors (Lipinski definition) is 5. The third kappa shape index (κ3) is 5.29. The molecule has 1 aliphatic heterocycles. The Morgan fingerprint density at radius 2 is 1.76 bits per heavy atom. The molecule has 4 heterocycles. The van der Waals surface area contributed by atoms with Gasteiger partial charge in [-0.2, -0.15) is 0 Å². The van der Waals surface area contributed by atoms with E-state index in [1.54, 1.807) is 35.4 Å². The molecule has 0 saturated carbocycles. The van der Waals surface area contributed by atoms with E-state index < -0.39 is 10.0 Å². The van der Waals surface area contributed by atoms with Crippen molar-refractivity contribution in [2.75, 3.05) is 13.1 Å². The number of carbonyl (C=O) groups is 1. The zero-order chi connectivity index (χ0) is 31.1. The summed E-state index contributed by atoms with van der Waals surface area (Å²) >= 11 is 0. The van der Waals surface area contributed by atoms with Crippen LogP contribution in [0.5, 0.6) is 0 Å². The quantitative estimate of drug-likeness (QED) is 0.198. The molecule has 6 aromatic rings. The predicted octanol–water partition coefficient (Wildman–Crippen LogP) is 7.17. The highest BCUT2D eigenvalue weighted by atomic mass is 32.2. The van der Waals surface area contributed by atoms with Crippen molar-refractivity contribution in [1.29, 1.82) is 0 Å². The lowest BCUT2D eigenvalue weighted by Crippen LogP contribution is -2.35. The van der Waals surface area contributed by atoms with Crippen molar-refractivity contribution in [3.63, 3.8) is 0 Å². The summed E-state index contributed by atoms with van der Waals surface area (Å²) in [6.07, 6.45) is 6.01. The fourth-order valence-electron chi connectivity index (χ4n) is 5.96. The molecule has 226 valence electrons. The molecule has 8 nitrogen and oxygen atoms in total. The van der Waals surface area contributed by atoms with Crippen molar-refractivity contribution < 1.29 is 17.9 Å². The second kappa shape index (κ2) is 11.4. The van der Waals surface area contributed by atoms with E-state index in [-0.39, 0.29) is 17.6 Å². The topological polar surface area (TPSA) is 86.4 Å². The second-order valence-corrected chi connectivity index (χ2v) is 13.2. The minimum Gasteiger partial charge on any atom is -0.445 e. The first-order chi connectivity index (χ1) is 21.8. The van der Waals surface area contributed by atoms with E-state index in [0.29, 0.717) is 30.9 Å². The van der Waals surface area contributed by atoms with Gasteiger partial charge in [-0.25, -0.2) is 22.2 Å². The van der Waals surface area contributed by atoms with Gasteiger partial charge in [-0.3, -0.25) is 0 Å². The lowest BCUT2D eigenvalue weighted by atomic mass is 9.97. The van der Waals surface area contributed by atoms with Crippen LogP contribution in [0.4, 0.5) is 4.79 Å².